The van der Waals surface area contributed by atoms with Crippen molar-refractivity contribution in [1.82, 2.24) is 19.4 Å². The molecule has 1 aromatic carbocycles. The number of nitrogens with two attached hydrogens (primary N) is 1. The van der Waals surface area contributed by atoms with Crippen LogP contribution < -0.4 is 10.5 Å². The number of aryl methyl sites for hydroxylation is 1. The van der Waals surface area contributed by atoms with E-state index < -0.39 is 5.82 Å². The lowest BCUT2D eigenvalue weighted by Crippen LogP contribution is -1.96. The third kappa shape index (κ3) is 2.59. The van der Waals surface area contributed by atoms with Gasteiger partial charge in [0.25, 0.3) is 0 Å². The number of aromatic nitrogens is 4. The summed E-state index contributed by atoms with van der Waals surface area (Å²) in [5.41, 5.74) is 9.53. The Bertz CT molecular complexity index is 1080. The Hall–Kier alpha value is -3.35. The van der Waals surface area contributed by atoms with Gasteiger partial charge in [-0.2, -0.15) is 10.2 Å². The Morgan fingerprint density at radius 1 is 1.12 bits per heavy atom. The lowest BCUT2D eigenvalue weighted by Gasteiger charge is -2.11. The molecule has 0 saturated heterocycles. The quantitative estimate of drug-likeness (QED) is 0.580. The van der Waals surface area contributed by atoms with Crippen LogP contribution in [0.5, 0.6) is 11.5 Å². The van der Waals surface area contributed by atoms with Gasteiger partial charge in [0.05, 0.1) is 12.4 Å². The zero-order chi connectivity index (χ0) is 17.6. The van der Waals surface area contributed by atoms with E-state index in [0.29, 0.717) is 11.4 Å². The normalized spacial score (nSPS) is 11.2. The van der Waals surface area contributed by atoms with Gasteiger partial charge in [-0.3, -0.25) is 4.68 Å². The third-order valence-corrected chi connectivity index (χ3v) is 4.19. The van der Waals surface area contributed by atoms with Gasteiger partial charge >= 0.3 is 0 Å². The first-order chi connectivity index (χ1) is 12.0. The molecule has 6 nitrogen and oxygen atoms in total. The average Bonchev–Trinajstić information content (AvgIpc) is 3.17. The summed E-state index contributed by atoms with van der Waals surface area (Å²) in [4.78, 5) is 0. The third-order valence-electron chi connectivity index (χ3n) is 4.19. The van der Waals surface area contributed by atoms with Crippen molar-refractivity contribution >= 4 is 11.2 Å². The summed E-state index contributed by atoms with van der Waals surface area (Å²) >= 11 is 0. The van der Waals surface area contributed by atoms with E-state index in [1.165, 1.54) is 12.1 Å². The van der Waals surface area contributed by atoms with E-state index in [1.807, 2.05) is 32.3 Å². The van der Waals surface area contributed by atoms with E-state index in [2.05, 4.69) is 10.2 Å². The number of hydrogen-bond acceptors (Lipinski definition) is 4. The molecule has 25 heavy (non-hydrogen) atoms. The first kappa shape index (κ1) is 15.2. The largest absolute Gasteiger partial charge is 0.452 e. The molecule has 4 rings (SSSR count). The number of benzene rings is 1. The second kappa shape index (κ2) is 5.62. The zero-order valence-corrected chi connectivity index (χ0v) is 13.8. The highest BCUT2D eigenvalue weighted by atomic mass is 19.1. The van der Waals surface area contributed by atoms with Crippen molar-refractivity contribution in [3.63, 3.8) is 0 Å². The minimum Gasteiger partial charge on any atom is -0.452 e. The molecule has 3 heterocycles. The van der Waals surface area contributed by atoms with Gasteiger partial charge < -0.3 is 10.5 Å². The summed E-state index contributed by atoms with van der Waals surface area (Å²) in [6.45, 7) is 1.98. The van der Waals surface area contributed by atoms with Crippen molar-refractivity contribution in [2.24, 2.45) is 7.05 Å². The highest BCUT2D eigenvalue weighted by molar-refractivity contribution is 5.72. The van der Waals surface area contributed by atoms with Gasteiger partial charge in [-0.1, -0.05) is 0 Å². The molecule has 2 N–H and O–H groups in total. The van der Waals surface area contributed by atoms with E-state index in [4.69, 9.17) is 10.5 Å². The van der Waals surface area contributed by atoms with E-state index in [0.717, 1.165) is 22.3 Å². The summed E-state index contributed by atoms with van der Waals surface area (Å²) < 4.78 is 23.4. The van der Waals surface area contributed by atoms with Gasteiger partial charge in [0.15, 0.2) is 17.3 Å². The molecule has 0 bridgehead atoms. The van der Waals surface area contributed by atoms with Gasteiger partial charge in [0, 0.05) is 41.8 Å². The zero-order valence-electron chi connectivity index (χ0n) is 13.8. The van der Waals surface area contributed by atoms with Crippen LogP contribution in [0.1, 0.15) is 5.69 Å². The lowest BCUT2D eigenvalue weighted by atomic mass is 10.1. The Morgan fingerprint density at radius 2 is 1.96 bits per heavy atom. The number of anilines is 1. The predicted octanol–water partition coefficient (Wildman–Crippen LogP) is 3.56. The standard InChI is InChI=1S/C18H16FN5O/c1-11-14(9-22-23(11)2)12-7-18(16-5-6-21-24(16)10-12)25-17-4-3-13(20)8-15(17)19/h3-10H,20H2,1-2H3. The number of halogens is 1. The van der Waals surface area contributed by atoms with E-state index >= 15 is 0 Å². The summed E-state index contributed by atoms with van der Waals surface area (Å²) in [6, 6.07) is 8.01. The van der Waals surface area contributed by atoms with Crippen LogP contribution in [0, 0.1) is 12.7 Å². The van der Waals surface area contributed by atoms with Crippen LogP contribution in [-0.4, -0.2) is 19.4 Å². The number of pyridine rings is 1. The second-order valence-electron chi connectivity index (χ2n) is 5.81. The Morgan fingerprint density at radius 3 is 2.68 bits per heavy atom. The summed E-state index contributed by atoms with van der Waals surface area (Å²) in [5.74, 6) is 0.0971. The molecule has 0 aliphatic carbocycles. The van der Waals surface area contributed by atoms with Crippen LogP contribution in [0.2, 0.25) is 0 Å². The second-order valence-corrected chi connectivity index (χ2v) is 5.81. The first-order valence-electron chi connectivity index (χ1n) is 7.72. The van der Waals surface area contributed by atoms with Crippen LogP contribution in [0.4, 0.5) is 10.1 Å². The van der Waals surface area contributed by atoms with Crippen molar-refractivity contribution in [1.29, 1.82) is 0 Å². The molecule has 4 aromatic rings. The monoisotopic (exact) mass is 337 g/mol. The number of rotatable bonds is 3. The Kier molecular flexibility index (Phi) is 3.42. The molecule has 0 spiro atoms. The number of nitrogens with zero attached hydrogens (tertiary/aromatic N) is 4. The molecule has 0 amide bonds. The molecule has 0 radical (unpaired) electrons. The fourth-order valence-electron chi connectivity index (χ4n) is 2.73. The van der Waals surface area contributed by atoms with E-state index in [-0.39, 0.29) is 5.75 Å². The van der Waals surface area contributed by atoms with Gasteiger partial charge in [0.2, 0.25) is 0 Å². The molecule has 0 aliphatic rings. The van der Waals surface area contributed by atoms with Crippen molar-refractivity contribution in [2.45, 2.75) is 6.92 Å². The van der Waals surface area contributed by atoms with Gasteiger partial charge in [-0.05, 0) is 31.2 Å². The van der Waals surface area contributed by atoms with Gasteiger partial charge in [-0.25, -0.2) is 8.91 Å². The molecule has 7 heteroatoms. The average molecular weight is 337 g/mol. The van der Waals surface area contributed by atoms with Crippen molar-refractivity contribution in [2.75, 3.05) is 5.73 Å². The maximum atomic E-state index is 14.1. The highest BCUT2D eigenvalue weighted by Gasteiger charge is 2.14. The topological polar surface area (TPSA) is 70.4 Å². The number of fused-ring (bicyclic) bond motifs is 1. The summed E-state index contributed by atoms with van der Waals surface area (Å²) in [7, 11) is 1.88. The van der Waals surface area contributed by atoms with E-state index in [1.54, 1.807) is 27.7 Å². The fourth-order valence-corrected chi connectivity index (χ4v) is 2.73. The van der Waals surface area contributed by atoms with Crippen molar-refractivity contribution in [3.05, 3.63) is 60.4 Å². The predicted molar refractivity (Wildman–Crippen MR) is 93.0 cm³/mol. The highest BCUT2D eigenvalue weighted by Crippen LogP contribution is 2.33. The maximum Gasteiger partial charge on any atom is 0.167 e. The Balaban J connectivity index is 1.85. The fraction of sp³-hybridized carbons (Fsp3) is 0.111. The number of hydrogen-bond donors (Lipinski definition) is 1. The first-order valence-corrected chi connectivity index (χ1v) is 7.72. The lowest BCUT2D eigenvalue weighted by molar-refractivity contribution is 0.445. The summed E-state index contributed by atoms with van der Waals surface area (Å²) in [6.07, 6.45) is 5.35. The van der Waals surface area contributed by atoms with Crippen LogP contribution in [-0.2, 0) is 7.05 Å². The van der Waals surface area contributed by atoms with Crippen LogP contribution >= 0.6 is 0 Å². The molecule has 0 atom stereocenters. The van der Waals surface area contributed by atoms with Gasteiger partial charge in [0.1, 0.15) is 5.52 Å². The van der Waals surface area contributed by atoms with Crippen molar-refractivity contribution in [3.8, 4) is 22.6 Å². The molecule has 0 aliphatic heterocycles. The molecule has 126 valence electrons. The van der Waals surface area contributed by atoms with Crippen LogP contribution in [0.3, 0.4) is 0 Å². The number of ether oxygens (including phenoxy) is 1. The molecule has 0 fully saturated rings. The smallest absolute Gasteiger partial charge is 0.167 e. The van der Waals surface area contributed by atoms with E-state index in [9.17, 15) is 4.39 Å². The minimum absolute atomic E-state index is 0.109. The maximum absolute atomic E-state index is 14.1. The van der Waals surface area contributed by atoms with Crippen LogP contribution in [0.25, 0.3) is 16.6 Å². The SMILES string of the molecule is Cc1c(-c2cc(Oc3ccc(N)cc3F)c3ccnn3c2)cnn1C. The Labute approximate surface area is 143 Å². The molecular formula is C18H16FN5O. The molecular weight excluding hydrogens is 321 g/mol. The molecule has 3 aromatic heterocycles. The van der Waals surface area contributed by atoms with Crippen LogP contribution in [0.15, 0.2) is 48.9 Å². The number of nitrogen functional groups attached to an aromatic ring is 1. The van der Waals surface area contributed by atoms with Crippen molar-refractivity contribution < 1.29 is 9.13 Å². The minimum atomic E-state index is -0.513. The summed E-state index contributed by atoms with van der Waals surface area (Å²) in [5, 5.41) is 8.55. The molecule has 0 saturated carbocycles. The molecule has 0 unspecified atom stereocenters. The van der Waals surface area contributed by atoms with Gasteiger partial charge in [-0.15, -0.1) is 0 Å².